The van der Waals surface area contributed by atoms with Gasteiger partial charge in [-0.3, -0.25) is 4.79 Å². The molecule has 0 aromatic carbocycles. The Hall–Kier alpha value is -1.62. The quantitative estimate of drug-likeness (QED) is 0.129. The molecule has 5 heteroatoms. The summed E-state index contributed by atoms with van der Waals surface area (Å²) in [6.45, 7) is 10.9. The first-order chi connectivity index (χ1) is 14.0. The van der Waals surface area contributed by atoms with Gasteiger partial charge >= 0.3 is 5.97 Å². The average Bonchev–Trinajstić information content (AvgIpc) is 2.71. The topological polar surface area (TPSA) is 75.6 Å². The van der Waals surface area contributed by atoms with E-state index in [0.29, 0.717) is 12.2 Å². The first kappa shape index (κ1) is 29.6. The highest BCUT2D eigenvalue weighted by Crippen LogP contribution is 2.13. The molecule has 0 fully saturated rings. The van der Waals surface area contributed by atoms with Gasteiger partial charge in [-0.05, 0) is 19.4 Å². The zero-order valence-corrected chi connectivity index (χ0v) is 19.0. The monoisotopic (exact) mass is 411 g/mol. The maximum atomic E-state index is 11.2. The Kier molecular flexibility index (Phi) is 24.9. The molecule has 0 radical (unpaired) electrons. The van der Waals surface area contributed by atoms with Crippen molar-refractivity contribution in [2.45, 2.75) is 104 Å². The molecule has 0 aliphatic rings. The van der Waals surface area contributed by atoms with E-state index in [1.165, 1.54) is 83.5 Å². The van der Waals surface area contributed by atoms with Crippen molar-refractivity contribution in [3.8, 4) is 0 Å². The van der Waals surface area contributed by atoms with Crippen LogP contribution < -0.4 is 5.32 Å². The van der Waals surface area contributed by atoms with Crippen molar-refractivity contribution < 1.29 is 19.4 Å². The SMILES string of the molecule is C=C(C)C(=O)OCCCCCCCCCCCCCCCC.C=CC(=O)NCO. The molecule has 0 saturated carbocycles. The highest BCUT2D eigenvalue weighted by Gasteiger charge is 2.01. The lowest BCUT2D eigenvalue weighted by atomic mass is 10.0. The smallest absolute Gasteiger partial charge is 0.333 e. The van der Waals surface area contributed by atoms with Gasteiger partial charge in [0.2, 0.25) is 5.91 Å². The van der Waals surface area contributed by atoms with Gasteiger partial charge in [-0.15, -0.1) is 0 Å². The highest BCUT2D eigenvalue weighted by atomic mass is 16.5. The van der Waals surface area contributed by atoms with Crippen LogP contribution in [0.25, 0.3) is 0 Å². The highest BCUT2D eigenvalue weighted by molar-refractivity contribution is 5.87. The van der Waals surface area contributed by atoms with E-state index in [9.17, 15) is 9.59 Å². The Balaban J connectivity index is 0. The second kappa shape index (κ2) is 24.4. The molecule has 170 valence electrons. The number of aliphatic hydroxyl groups excluding tert-OH is 1. The molecule has 29 heavy (non-hydrogen) atoms. The molecule has 0 bridgehead atoms. The van der Waals surface area contributed by atoms with E-state index in [1.807, 2.05) is 0 Å². The van der Waals surface area contributed by atoms with Crippen molar-refractivity contribution in [3.05, 3.63) is 24.8 Å². The second-order valence-electron chi connectivity index (χ2n) is 7.42. The van der Waals surface area contributed by atoms with Crippen molar-refractivity contribution in [2.24, 2.45) is 0 Å². The van der Waals surface area contributed by atoms with Crippen LogP contribution >= 0.6 is 0 Å². The largest absolute Gasteiger partial charge is 0.462 e. The van der Waals surface area contributed by atoms with Crippen LogP contribution in [0.2, 0.25) is 0 Å². The minimum atomic E-state index is -0.359. The molecular formula is C24H45NO4. The molecule has 0 aliphatic heterocycles. The maximum Gasteiger partial charge on any atom is 0.333 e. The molecule has 2 N–H and O–H groups in total. The minimum absolute atomic E-state index is 0.255. The third-order valence-corrected chi connectivity index (χ3v) is 4.52. The zero-order chi connectivity index (χ0) is 22.2. The number of carbonyl (C=O) groups excluding carboxylic acids is 2. The van der Waals surface area contributed by atoms with Gasteiger partial charge in [0.1, 0.15) is 6.73 Å². The number of rotatable bonds is 18. The standard InChI is InChI=1S/C20H38O2.C4H7NO2/c1-4-5-6-7-8-9-10-11-12-13-14-15-16-17-18-22-20(21)19(2)3;1-2-4(7)5-3-6/h2,4-18H2,1,3H3;2,6H,1,3H2,(H,5,7). The van der Waals surface area contributed by atoms with Gasteiger partial charge in [0.25, 0.3) is 0 Å². The summed E-state index contributed by atoms with van der Waals surface area (Å²) in [6, 6.07) is 0. The third kappa shape index (κ3) is 26.4. The Labute approximate surface area is 179 Å². The number of ether oxygens (including phenoxy) is 1. The number of hydrogen-bond donors (Lipinski definition) is 2. The van der Waals surface area contributed by atoms with Crippen LogP contribution in [0.1, 0.15) is 104 Å². The molecule has 0 saturated heterocycles. The fraction of sp³-hybridized carbons (Fsp3) is 0.750. The first-order valence-electron chi connectivity index (χ1n) is 11.3. The maximum absolute atomic E-state index is 11.2. The van der Waals surface area contributed by atoms with Crippen molar-refractivity contribution in [1.29, 1.82) is 0 Å². The first-order valence-corrected chi connectivity index (χ1v) is 11.3. The number of nitrogens with one attached hydrogen (secondary N) is 1. The lowest BCUT2D eigenvalue weighted by molar-refractivity contribution is -0.139. The van der Waals surface area contributed by atoms with Gasteiger partial charge in [0.15, 0.2) is 0 Å². The van der Waals surface area contributed by atoms with Gasteiger partial charge < -0.3 is 15.2 Å². The van der Waals surface area contributed by atoms with Crippen LogP contribution in [-0.4, -0.2) is 30.3 Å². The Bertz CT molecular complexity index is 421. The molecule has 5 nitrogen and oxygen atoms in total. The summed E-state index contributed by atoms with van der Waals surface area (Å²) < 4.78 is 5.07. The van der Waals surface area contributed by atoms with Crippen LogP contribution in [0.15, 0.2) is 24.8 Å². The third-order valence-electron chi connectivity index (χ3n) is 4.52. The van der Waals surface area contributed by atoms with Gasteiger partial charge in [-0.25, -0.2) is 4.79 Å². The Morgan fingerprint density at radius 2 is 1.28 bits per heavy atom. The lowest BCUT2D eigenvalue weighted by Crippen LogP contribution is -2.20. The summed E-state index contributed by atoms with van der Waals surface area (Å²) in [5, 5.41) is 10.1. The Morgan fingerprint density at radius 3 is 1.59 bits per heavy atom. The minimum Gasteiger partial charge on any atom is -0.462 e. The van der Waals surface area contributed by atoms with Gasteiger partial charge in [-0.2, -0.15) is 0 Å². The van der Waals surface area contributed by atoms with Crippen molar-refractivity contribution in [3.63, 3.8) is 0 Å². The molecule has 0 aliphatic carbocycles. The summed E-state index contributed by atoms with van der Waals surface area (Å²) in [5.74, 6) is -0.614. The van der Waals surface area contributed by atoms with E-state index >= 15 is 0 Å². The number of amides is 1. The lowest BCUT2D eigenvalue weighted by Gasteiger charge is -2.04. The van der Waals surface area contributed by atoms with Crippen molar-refractivity contribution in [2.75, 3.05) is 13.3 Å². The van der Waals surface area contributed by atoms with Crippen LogP contribution in [0, 0.1) is 0 Å². The number of carbonyl (C=O) groups is 2. The van der Waals surface area contributed by atoms with Gasteiger partial charge in [0, 0.05) is 5.57 Å². The van der Waals surface area contributed by atoms with Crippen LogP contribution in [0.4, 0.5) is 0 Å². The summed E-state index contributed by atoms with van der Waals surface area (Å²) in [7, 11) is 0. The van der Waals surface area contributed by atoms with E-state index in [2.05, 4.69) is 25.4 Å². The molecule has 0 aromatic rings. The number of hydrogen-bond acceptors (Lipinski definition) is 4. The summed E-state index contributed by atoms with van der Waals surface area (Å²) in [5.41, 5.74) is 0.491. The van der Waals surface area contributed by atoms with E-state index in [4.69, 9.17) is 9.84 Å². The number of esters is 1. The fourth-order valence-electron chi connectivity index (χ4n) is 2.73. The Morgan fingerprint density at radius 1 is 0.862 bits per heavy atom. The van der Waals surface area contributed by atoms with E-state index in [1.54, 1.807) is 6.92 Å². The fourth-order valence-corrected chi connectivity index (χ4v) is 2.73. The van der Waals surface area contributed by atoms with Gasteiger partial charge in [-0.1, -0.05) is 104 Å². The molecule has 0 aromatic heterocycles. The van der Waals surface area contributed by atoms with Crippen molar-refractivity contribution in [1.82, 2.24) is 5.32 Å². The van der Waals surface area contributed by atoms with E-state index in [0.717, 1.165) is 12.5 Å². The molecule has 0 atom stereocenters. The molecule has 0 unspecified atom stereocenters. The molecular weight excluding hydrogens is 366 g/mol. The zero-order valence-electron chi connectivity index (χ0n) is 19.0. The summed E-state index contributed by atoms with van der Waals surface area (Å²) in [4.78, 5) is 21.2. The molecule has 0 rings (SSSR count). The predicted molar refractivity (Wildman–Crippen MR) is 122 cm³/mol. The van der Waals surface area contributed by atoms with Crippen LogP contribution in [0.3, 0.4) is 0 Å². The predicted octanol–water partition coefficient (Wildman–Crippen LogP) is 5.83. The molecule has 1 amide bonds. The molecule has 0 spiro atoms. The van der Waals surface area contributed by atoms with Gasteiger partial charge in [0.05, 0.1) is 6.61 Å². The number of unbranched alkanes of at least 4 members (excludes halogenated alkanes) is 13. The van der Waals surface area contributed by atoms with Crippen LogP contribution in [-0.2, 0) is 14.3 Å². The summed E-state index contributed by atoms with van der Waals surface area (Å²) in [6.07, 6.45) is 19.9. The second-order valence-corrected chi connectivity index (χ2v) is 7.42. The van der Waals surface area contributed by atoms with Crippen LogP contribution in [0.5, 0.6) is 0 Å². The average molecular weight is 412 g/mol. The van der Waals surface area contributed by atoms with Crippen molar-refractivity contribution >= 4 is 11.9 Å². The summed E-state index contributed by atoms with van der Waals surface area (Å²) >= 11 is 0. The molecule has 0 heterocycles. The normalized spacial score (nSPS) is 9.90. The van der Waals surface area contributed by atoms with E-state index < -0.39 is 0 Å². The van der Waals surface area contributed by atoms with E-state index in [-0.39, 0.29) is 18.6 Å². The number of aliphatic hydroxyl groups is 1.